The number of nitrogens with two attached hydrogens (primary N) is 1. The van der Waals surface area contributed by atoms with Crippen molar-refractivity contribution < 1.29 is 8.78 Å². The van der Waals surface area contributed by atoms with E-state index >= 15 is 0 Å². The molecule has 2 aromatic rings. The number of anilines is 3. The molecule has 0 atom stereocenters. The summed E-state index contributed by atoms with van der Waals surface area (Å²) in [5.41, 5.74) is 7.01. The maximum Gasteiger partial charge on any atom is 0.139 e. The molecule has 0 aliphatic heterocycles. The number of hydrogen-bond acceptors (Lipinski definition) is 2. The van der Waals surface area contributed by atoms with Gasteiger partial charge in [-0.15, -0.1) is 0 Å². The number of benzene rings is 2. The molecule has 0 heterocycles. The summed E-state index contributed by atoms with van der Waals surface area (Å²) in [5, 5.41) is 2.86. The van der Waals surface area contributed by atoms with Gasteiger partial charge in [0.2, 0.25) is 0 Å². The van der Waals surface area contributed by atoms with Crippen LogP contribution in [0.5, 0.6) is 0 Å². The Morgan fingerprint density at radius 1 is 1.12 bits per heavy atom. The van der Waals surface area contributed by atoms with E-state index in [9.17, 15) is 8.78 Å². The third kappa shape index (κ3) is 2.74. The van der Waals surface area contributed by atoms with Crippen LogP contribution in [0.4, 0.5) is 25.8 Å². The molecule has 0 saturated heterocycles. The minimum Gasteiger partial charge on any atom is -0.397 e. The summed E-state index contributed by atoms with van der Waals surface area (Å²) in [4.78, 5) is 0. The van der Waals surface area contributed by atoms with Gasteiger partial charge in [0.05, 0.1) is 15.8 Å². The van der Waals surface area contributed by atoms with Crippen molar-refractivity contribution in [2.75, 3.05) is 11.1 Å². The number of nitrogen functional groups attached to an aromatic ring is 1. The summed E-state index contributed by atoms with van der Waals surface area (Å²) in [6, 6.07) is 8.57. The molecule has 3 N–H and O–H groups in total. The maximum atomic E-state index is 13.3. The van der Waals surface area contributed by atoms with Gasteiger partial charge in [0.15, 0.2) is 0 Å². The molecular weight excluding hydrogens is 290 g/mol. The lowest BCUT2D eigenvalue weighted by atomic mass is 10.2. The number of nitrogens with one attached hydrogen (secondary N) is 1. The smallest absolute Gasteiger partial charge is 0.139 e. The highest BCUT2D eigenvalue weighted by Gasteiger charge is 2.06. The highest BCUT2D eigenvalue weighted by Crippen LogP contribution is 2.29. The Balaban J connectivity index is 2.33. The number of halogens is 3. The minimum absolute atomic E-state index is 0.291. The minimum atomic E-state index is -0.432. The quantitative estimate of drug-likeness (QED) is 0.821. The molecule has 0 aliphatic carbocycles. The van der Waals surface area contributed by atoms with Crippen LogP contribution in [0.15, 0.2) is 40.9 Å². The molecular formula is C12H9BrF2N2. The molecule has 2 aromatic carbocycles. The van der Waals surface area contributed by atoms with Gasteiger partial charge in [-0.1, -0.05) is 6.07 Å². The van der Waals surface area contributed by atoms with E-state index in [0.717, 1.165) is 0 Å². The molecule has 0 bridgehead atoms. The molecule has 0 unspecified atom stereocenters. The van der Waals surface area contributed by atoms with Crippen molar-refractivity contribution in [2.24, 2.45) is 0 Å². The third-order valence-corrected chi connectivity index (χ3v) is 2.80. The summed E-state index contributed by atoms with van der Waals surface area (Å²) in [6.07, 6.45) is 0. The monoisotopic (exact) mass is 298 g/mol. The molecule has 0 radical (unpaired) electrons. The molecule has 17 heavy (non-hydrogen) atoms. The first-order chi connectivity index (χ1) is 8.06. The normalized spacial score (nSPS) is 10.3. The predicted octanol–water partition coefficient (Wildman–Crippen LogP) is 4.05. The van der Waals surface area contributed by atoms with Gasteiger partial charge in [-0.25, -0.2) is 8.78 Å². The zero-order valence-corrected chi connectivity index (χ0v) is 10.3. The number of rotatable bonds is 2. The topological polar surface area (TPSA) is 38.0 Å². The van der Waals surface area contributed by atoms with Gasteiger partial charge in [-0.3, -0.25) is 0 Å². The van der Waals surface area contributed by atoms with Crippen LogP contribution >= 0.6 is 15.9 Å². The molecule has 88 valence electrons. The molecule has 0 spiro atoms. The van der Waals surface area contributed by atoms with Gasteiger partial charge < -0.3 is 11.1 Å². The van der Waals surface area contributed by atoms with E-state index in [2.05, 4.69) is 21.2 Å². The first-order valence-electron chi connectivity index (χ1n) is 4.83. The Morgan fingerprint density at radius 2 is 1.88 bits per heavy atom. The number of hydrogen-bond donors (Lipinski definition) is 2. The second-order valence-electron chi connectivity index (χ2n) is 3.49. The molecule has 0 fully saturated rings. The van der Waals surface area contributed by atoms with E-state index in [1.807, 2.05) is 0 Å². The third-order valence-electron chi connectivity index (χ3n) is 2.20. The summed E-state index contributed by atoms with van der Waals surface area (Å²) >= 11 is 3.03. The standard InChI is InChI=1S/C12H9BrF2N2/c13-9-5-11(16)12(6-10(9)15)17-8-3-1-2-7(14)4-8/h1-6,17H,16H2. The predicted molar refractivity (Wildman–Crippen MR) is 68.2 cm³/mol. The largest absolute Gasteiger partial charge is 0.397 e. The highest BCUT2D eigenvalue weighted by molar-refractivity contribution is 9.10. The molecule has 0 saturated carbocycles. The van der Waals surface area contributed by atoms with Crippen LogP contribution in [0.2, 0.25) is 0 Å². The van der Waals surface area contributed by atoms with Crippen molar-refractivity contribution in [1.29, 1.82) is 0 Å². The molecule has 2 nitrogen and oxygen atoms in total. The summed E-state index contributed by atoms with van der Waals surface area (Å²) in [7, 11) is 0. The summed E-state index contributed by atoms with van der Waals surface area (Å²) in [6.45, 7) is 0. The van der Waals surface area contributed by atoms with Crippen LogP contribution in [0.1, 0.15) is 0 Å². The van der Waals surface area contributed by atoms with Gasteiger partial charge in [0.25, 0.3) is 0 Å². The van der Waals surface area contributed by atoms with Crippen molar-refractivity contribution in [3.63, 3.8) is 0 Å². The van der Waals surface area contributed by atoms with Crippen LogP contribution < -0.4 is 11.1 Å². The van der Waals surface area contributed by atoms with E-state index in [0.29, 0.717) is 21.5 Å². The van der Waals surface area contributed by atoms with Crippen molar-refractivity contribution >= 4 is 33.0 Å². The lowest BCUT2D eigenvalue weighted by Crippen LogP contribution is -1.98. The van der Waals surface area contributed by atoms with Crippen LogP contribution in [0.3, 0.4) is 0 Å². The molecule has 5 heteroatoms. The summed E-state index contributed by atoms with van der Waals surface area (Å²) < 4.78 is 26.6. The Hall–Kier alpha value is -1.62. The van der Waals surface area contributed by atoms with E-state index in [4.69, 9.17) is 5.73 Å². The highest BCUT2D eigenvalue weighted by atomic mass is 79.9. The molecule has 2 rings (SSSR count). The Labute approximate surface area is 106 Å². The van der Waals surface area contributed by atoms with Crippen LogP contribution in [0.25, 0.3) is 0 Å². The van der Waals surface area contributed by atoms with E-state index in [1.165, 1.54) is 24.3 Å². The van der Waals surface area contributed by atoms with Crippen LogP contribution in [0, 0.1) is 11.6 Å². The SMILES string of the molecule is Nc1cc(Br)c(F)cc1Nc1cccc(F)c1. The summed E-state index contributed by atoms with van der Waals surface area (Å²) in [5.74, 6) is -0.802. The second kappa shape index (κ2) is 4.71. The van der Waals surface area contributed by atoms with Gasteiger partial charge >= 0.3 is 0 Å². The maximum absolute atomic E-state index is 13.3. The Kier molecular flexibility index (Phi) is 3.28. The fraction of sp³-hybridized carbons (Fsp3) is 0. The first kappa shape index (κ1) is 11.9. The van der Waals surface area contributed by atoms with Crippen LogP contribution in [-0.2, 0) is 0 Å². The van der Waals surface area contributed by atoms with Gasteiger partial charge in [-0.2, -0.15) is 0 Å². The van der Waals surface area contributed by atoms with Gasteiger partial charge in [0.1, 0.15) is 11.6 Å². The molecule has 0 aliphatic rings. The van der Waals surface area contributed by atoms with Crippen molar-refractivity contribution in [3.05, 3.63) is 52.5 Å². The zero-order valence-electron chi connectivity index (χ0n) is 8.68. The van der Waals surface area contributed by atoms with Gasteiger partial charge in [-0.05, 0) is 40.2 Å². The lowest BCUT2D eigenvalue weighted by Gasteiger charge is -2.10. The molecule has 0 amide bonds. The first-order valence-corrected chi connectivity index (χ1v) is 5.62. The van der Waals surface area contributed by atoms with Crippen molar-refractivity contribution in [3.8, 4) is 0 Å². The fourth-order valence-electron chi connectivity index (χ4n) is 1.39. The second-order valence-corrected chi connectivity index (χ2v) is 4.34. The van der Waals surface area contributed by atoms with Crippen LogP contribution in [-0.4, -0.2) is 0 Å². The van der Waals surface area contributed by atoms with E-state index in [1.54, 1.807) is 12.1 Å². The Bertz CT molecular complexity index is 558. The van der Waals surface area contributed by atoms with E-state index < -0.39 is 5.82 Å². The Morgan fingerprint density at radius 3 is 2.59 bits per heavy atom. The van der Waals surface area contributed by atoms with Crippen molar-refractivity contribution in [1.82, 2.24) is 0 Å². The average Bonchev–Trinajstić information content (AvgIpc) is 2.26. The fourth-order valence-corrected chi connectivity index (χ4v) is 1.75. The molecule has 0 aromatic heterocycles. The lowest BCUT2D eigenvalue weighted by molar-refractivity contribution is 0.622. The van der Waals surface area contributed by atoms with Gasteiger partial charge in [0, 0.05) is 11.8 Å². The van der Waals surface area contributed by atoms with Crippen molar-refractivity contribution in [2.45, 2.75) is 0 Å². The zero-order chi connectivity index (χ0) is 12.4. The average molecular weight is 299 g/mol. The van der Waals surface area contributed by atoms with E-state index in [-0.39, 0.29) is 5.82 Å².